The molecule has 0 unspecified atom stereocenters. The third kappa shape index (κ3) is 5.34. The fraction of sp³-hybridized carbons (Fsp3) is 0.471. The van der Waals surface area contributed by atoms with E-state index < -0.39 is 5.97 Å². The average molecular weight is 334 g/mol. The standard InChI is InChI=1S/C17H22N2O5/c1-12(20)18-10-15-11-19(8-9-24-15)16(21)7-4-13-2-5-14(6-3-13)17(22)23/h2-3,5-6,15H,4,7-11H2,1H3,(H,18,20)(H,22,23)/t15-/m0/s1. The van der Waals surface area contributed by atoms with Crippen molar-refractivity contribution >= 4 is 17.8 Å². The summed E-state index contributed by atoms with van der Waals surface area (Å²) in [6.45, 7) is 3.32. The second-order valence-electron chi connectivity index (χ2n) is 5.77. The van der Waals surface area contributed by atoms with E-state index in [1.165, 1.54) is 6.92 Å². The molecule has 0 bridgehead atoms. The van der Waals surface area contributed by atoms with Gasteiger partial charge in [-0.3, -0.25) is 9.59 Å². The van der Waals surface area contributed by atoms with Crippen molar-refractivity contribution in [3.8, 4) is 0 Å². The predicted molar refractivity (Wildman–Crippen MR) is 86.7 cm³/mol. The Balaban J connectivity index is 1.81. The molecule has 1 aromatic carbocycles. The summed E-state index contributed by atoms with van der Waals surface area (Å²) in [7, 11) is 0. The first-order valence-electron chi connectivity index (χ1n) is 7.91. The lowest BCUT2D eigenvalue weighted by atomic mass is 10.1. The second kappa shape index (κ2) is 8.44. The normalized spacial score (nSPS) is 17.4. The highest BCUT2D eigenvalue weighted by Gasteiger charge is 2.24. The fourth-order valence-corrected chi connectivity index (χ4v) is 2.55. The van der Waals surface area contributed by atoms with Gasteiger partial charge in [-0.2, -0.15) is 0 Å². The Morgan fingerprint density at radius 3 is 2.62 bits per heavy atom. The molecule has 1 fully saturated rings. The zero-order valence-corrected chi connectivity index (χ0v) is 13.7. The van der Waals surface area contributed by atoms with Crippen molar-refractivity contribution in [3.05, 3.63) is 35.4 Å². The van der Waals surface area contributed by atoms with E-state index in [0.717, 1.165) is 5.56 Å². The Morgan fingerprint density at radius 2 is 2.00 bits per heavy atom. The number of morpholine rings is 1. The maximum absolute atomic E-state index is 12.3. The molecule has 0 aromatic heterocycles. The van der Waals surface area contributed by atoms with Crippen molar-refractivity contribution in [1.82, 2.24) is 10.2 Å². The summed E-state index contributed by atoms with van der Waals surface area (Å²) in [4.78, 5) is 35.8. The molecule has 0 spiro atoms. The molecule has 0 aliphatic carbocycles. The molecule has 7 nitrogen and oxygen atoms in total. The predicted octanol–water partition coefficient (Wildman–Crippen LogP) is 0.681. The molecule has 0 saturated carbocycles. The number of rotatable bonds is 6. The molecule has 1 atom stereocenters. The van der Waals surface area contributed by atoms with Gasteiger partial charge in [-0.25, -0.2) is 4.79 Å². The number of nitrogens with one attached hydrogen (secondary N) is 1. The van der Waals surface area contributed by atoms with Gasteiger partial charge in [0.2, 0.25) is 11.8 Å². The van der Waals surface area contributed by atoms with Crippen LogP contribution in [-0.4, -0.2) is 60.1 Å². The highest BCUT2D eigenvalue weighted by Crippen LogP contribution is 2.11. The van der Waals surface area contributed by atoms with Gasteiger partial charge in [0.1, 0.15) is 0 Å². The Hall–Kier alpha value is -2.41. The number of aromatic carboxylic acids is 1. The SMILES string of the molecule is CC(=O)NC[C@H]1CN(C(=O)CCc2ccc(C(=O)O)cc2)CCO1. The number of aryl methyl sites for hydroxylation is 1. The van der Waals surface area contributed by atoms with Crippen LogP contribution in [0.1, 0.15) is 29.3 Å². The number of hydrogen-bond donors (Lipinski definition) is 2. The minimum absolute atomic E-state index is 0.0356. The topological polar surface area (TPSA) is 95.9 Å². The minimum atomic E-state index is -0.962. The Labute approximate surface area is 140 Å². The quantitative estimate of drug-likeness (QED) is 0.797. The van der Waals surface area contributed by atoms with Crippen LogP contribution < -0.4 is 5.32 Å². The van der Waals surface area contributed by atoms with Crippen molar-refractivity contribution in [2.75, 3.05) is 26.2 Å². The van der Waals surface area contributed by atoms with E-state index in [2.05, 4.69) is 5.32 Å². The zero-order chi connectivity index (χ0) is 17.5. The lowest BCUT2D eigenvalue weighted by molar-refractivity contribution is -0.138. The van der Waals surface area contributed by atoms with Crippen LogP contribution >= 0.6 is 0 Å². The third-order valence-corrected chi connectivity index (χ3v) is 3.90. The van der Waals surface area contributed by atoms with Crippen LogP contribution in [-0.2, 0) is 20.7 Å². The molecular weight excluding hydrogens is 312 g/mol. The van der Waals surface area contributed by atoms with Gasteiger partial charge in [0.15, 0.2) is 0 Å². The van der Waals surface area contributed by atoms with Crippen LogP contribution in [0, 0.1) is 0 Å². The molecule has 130 valence electrons. The van der Waals surface area contributed by atoms with Crippen LogP contribution in [0.25, 0.3) is 0 Å². The molecule has 2 rings (SSSR count). The fourth-order valence-electron chi connectivity index (χ4n) is 2.55. The first-order valence-corrected chi connectivity index (χ1v) is 7.91. The van der Waals surface area contributed by atoms with Gasteiger partial charge < -0.3 is 20.1 Å². The highest BCUT2D eigenvalue weighted by molar-refractivity contribution is 5.87. The molecule has 1 aliphatic rings. The smallest absolute Gasteiger partial charge is 0.335 e. The first kappa shape index (κ1) is 17.9. The number of nitrogens with zero attached hydrogens (tertiary/aromatic N) is 1. The molecule has 7 heteroatoms. The van der Waals surface area contributed by atoms with Gasteiger partial charge in [0, 0.05) is 33.0 Å². The lowest BCUT2D eigenvalue weighted by Crippen LogP contribution is -2.49. The number of carboxylic acid groups (broad SMARTS) is 1. The lowest BCUT2D eigenvalue weighted by Gasteiger charge is -2.33. The van der Waals surface area contributed by atoms with Crippen molar-refractivity contribution in [3.63, 3.8) is 0 Å². The Bertz CT molecular complexity index is 600. The molecule has 1 saturated heterocycles. The Kier molecular flexibility index (Phi) is 6.31. The number of benzene rings is 1. The number of amides is 2. The molecule has 1 aliphatic heterocycles. The zero-order valence-electron chi connectivity index (χ0n) is 13.7. The second-order valence-corrected chi connectivity index (χ2v) is 5.77. The van der Waals surface area contributed by atoms with E-state index in [4.69, 9.17) is 9.84 Å². The summed E-state index contributed by atoms with van der Waals surface area (Å²) < 4.78 is 5.54. The number of carbonyl (C=O) groups excluding carboxylic acids is 2. The van der Waals surface area contributed by atoms with Gasteiger partial charge >= 0.3 is 5.97 Å². The van der Waals surface area contributed by atoms with E-state index >= 15 is 0 Å². The summed E-state index contributed by atoms with van der Waals surface area (Å²) >= 11 is 0. The summed E-state index contributed by atoms with van der Waals surface area (Å²) in [5.74, 6) is -1.04. The van der Waals surface area contributed by atoms with E-state index in [1.54, 1.807) is 29.2 Å². The monoisotopic (exact) mass is 334 g/mol. The van der Waals surface area contributed by atoms with Gasteiger partial charge in [-0.15, -0.1) is 0 Å². The van der Waals surface area contributed by atoms with Crippen molar-refractivity contribution in [2.45, 2.75) is 25.9 Å². The van der Waals surface area contributed by atoms with Gasteiger partial charge in [-0.05, 0) is 24.1 Å². The Morgan fingerprint density at radius 1 is 1.29 bits per heavy atom. The van der Waals surface area contributed by atoms with Crippen molar-refractivity contribution in [2.24, 2.45) is 0 Å². The number of hydrogen-bond acceptors (Lipinski definition) is 4. The van der Waals surface area contributed by atoms with E-state index in [-0.39, 0.29) is 23.5 Å². The summed E-state index contributed by atoms with van der Waals surface area (Å²) in [5.41, 5.74) is 1.16. The van der Waals surface area contributed by atoms with Crippen LogP contribution in [0.2, 0.25) is 0 Å². The van der Waals surface area contributed by atoms with Gasteiger partial charge in [0.05, 0.1) is 18.3 Å². The van der Waals surface area contributed by atoms with Crippen molar-refractivity contribution in [1.29, 1.82) is 0 Å². The molecule has 24 heavy (non-hydrogen) atoms. The summed E-state index contributed by atoms with van der Waals surface area (Å²) in [6, 6.07) is 6.55. The molecule has 1 aromatic rings. The highest BCUT2D eigenvalue weighted by atomic mass is 16.5. The largest absolute Gasteiger partial charge is 0.478 e. The molecule has 2 amide bonds. The van der Waals surface area contributed by atoms with E-state index in [1.807, 2.05) is 0 Å². The van der Waals surface area contributed by atoms with Gasteiger partial charge in [0.25, 0.3) is 0 Å². The van der Waals surface area contributed by atoms with Gasteiger partial charge in [-0.1, -0.05) is 12.1 Å². The number of carbonyl (C=O) groups is 3. The maximum atomic E-state index is 12.3. The molecule has 0 radical (unpaired) electrons. The third-order valence-electron chi connectivity index (χ3n) is 3.90. The van der Waals surface area contributed by atoms with Crippen LogP contribution in [0.4, 0.5) is 0 Å². The average Bonchev–Trinajstić information content (AvgIpc) is 2.58. The minimum Gasteiger partial charge on any atom is -0.478 e. The summed E-state index contributed by atoms with van der Waals surface area (Å²) in [5, 5.41) is 11.6. The molecule has 1 heterocycles. The van der Waals surface area contributed by atoms with E-state index in [0.29, 0.717) is 39.1 Å². The van der Waals surface area contributed by atoms with Crippen LogP contribution in [0.15, 0.2) is 24.3 Å². The van der Waals surface area contributed by atoms with Crippen LogP contribution in [0.3, 0.4) is 0 Å². The van der Waals surface area contributed by atoms with E-state index in [9.17, 15) is 14.4 Å². The summed E-state index contributed by atoms with van der Waals surface area (Å²) in [6.07, 6.45) is 0.743. The van der Waals surface area contributed by atoms with Crippen LogP contribution in [0.5, 0.6) is 0 Å². The first-order chi connectivity index (χ1) is 11.5. The number of carboxylic acids is 1. The molecule has 2 N–H and O–H groups in total. The maximum Gasteiger partial charge on any atom is 0.335 e. The number of ether oxygens (including phenoxy) is 1. The van der Waals surface area contributed by atoms with Crippen molar-refractivity contribution < 1.29 is 24.2 Å². The molecular formula is C17H22N2O5.